The van der Waals surface area contributed by atoms with Crippen molar-refractivity contribution in [1.29, 1.82) is 0 Å². The first kappa shape index (κ1) is 26.5. The molecule has 0 atom stereocenters. The van der Waals surface area contributed by atoms with E-state index in [0.717, 1.165) is 35.0 Å². The van der Waals surface area contributed by atoms with E-state index in [1.54, 1.807) is 0 Å². The molecule has 228 valence electrons. The summed E-state index contributed by atoms with van der Waals surface area (Å²) in [5.41, 5.74) is 9.23. The van der Waals surface area contributed by atoms with Crippen molar-refractivity contribution in [2.75, 3.05) is 0 Å². The number of para-hydroxylation sites is 1. The number of pyridine rings is 2. The molecule has 1 aliphatic heterocycles. The molecule has 5 heteroatoms. The summed E-state index contributed by atoms with van der Waals surface area (Å²) in [5, 5.41) is 9.90. The van der Waals surface area contributed by atoms with Gasteiger partial charge in [-0.25, -0.2) is 4.57 Å². The van der Waals surface area contributed by atoms with Gasteiger partial charge >= 0.3 is 5.82 Å². The molecule has 4 aromatic heterocycles. The number of hydrogen-bond acceptors (Lipinski definition) is 2. The second kappa shape index (κ2) is 9.96. The van der Waals surface area contributed by atoms with Crippen molar-refractivity contribution < 1.29 is 4.57 Å². The van der Waals surface area contributed by atoms with E-state index in [-0.39, 0.29) is 0 Å². The van der Waals surface area contributed by atoms with Crippen LogP contribution in [0.2, 0.25) is 0 Å². The SMILES string of the molecule is c1cncc(-n2c3ccccc3c3c4c5ccc6ccccc6c5n(-c5ccc(C6=Nc7cccc[n+]7C6)cc5)c4c4ccccc4c32)c1. The van der Waals surface area contributed by atoms with E-state index < -0.39 is 0 Å². The minimum Gasteiger partial charge on any atom is -0.308 e. The van der Waals surface area contributed by atoms with Gasteiger partial charge in [-0.2, -0.15) is 0 Å². The van der Waals surface area contributed by atoms with Crippen molar-refractivity contribution >= 4 is 76.7 Å². The third-order valence-corrected chi connectivity index (χ3v) is 10.3. The zero-order valence-electron chi connectivity index (χ0n) is 26.5. The zero-order chi connectivity index (χ0) is 32.1. The Bertz CT molecular complexity index is 3000. The lowest BCUT2D eigenvalue weighted by Gasteiger charge is -2.14. The largest absolute Gasteiger partial charge is 0.323 e. The number of benzene rings is 6. The summed E-state index contributed by atoms with van der Waals surface area (Å²) < 4.78 is 7.10. The standard InChI is InChI=1S/C44H28N5/c1-2-12-32-28(10-1)20-23-36-41-40-35-15-5-6-16-38(35)48(31-11-9-24-45-26-31)43(40)33-13-3-4-14-34(33)44(41)49(42(32)36)30-21-18-29(19-22-30)37-27-47-25-8-7-17-39(47)46-37/h1-26H,27H2/q+1. The minimum atomic E-state index is 0.777. The minimum absolute atomic E-state index is 0.777. The van der Waals surface area contributed by atoms with Crippen LogP contribution in [0.4, 0.5) is 5.82 Å². The maximum atomic E-state index is 4.95. The molecule has 0 radical (unpaired) electrons. The molecular weight excluding hydrogens is 599 g/mol. The van der Waals surface area contributed by atoms with Crippen molar-refractivity contribution in [3.8, 4) is 11.4 Å². The van der Waals surface area contributed by atoms with Crippen molar-refractivity contribution in [1.82, 2.24) is 14.1 Å². The van der Waals surface area contributed by atoms with Crippen LogP contribution in [0.25, 0.3) is 76.5 Å². The van der Waals surface area contributed by atoms with Gasteiger partial charge in [0.2, 0.25) is 5.71 Å². The lowest BCUT2D eigenvalue weighted by Crippen LogP contribution is -2.32. The average molecular weight is 627 g/mol. The maximum Gasteiger partial charge on any atom is 0.323 e. The Morgan fingerprint density at radius 3 is 2.02 bits per heavy atom. The molecule has 0 spiro atoms. The number of fused-ring (bicyclic) bond motifs is 13. The molecule has 5 nitrogen and oxygen atoms in total. The molecule has 5 heterocycles. The summed E-state index contributed by atoms with van der Waals surface area (Å²) in [5.74, 6) is 0.997. The van der Waals surface area contributed by atoms with E-state index in [1.807, 2.05) is 24.5 Å². The Morgan fingerprint density at radius 1 is 0.510 bits per heavy atom. The van der Waals surface area contributed by atoms with E-state index in [2.05, 4.69) is 152 Å². The van der Waals surface area contributed by atoms with Crippen molar-refractivity contribution in [3.63, 3.8) is 0 Å². The number of rotatable bonds is 3. The van der Waals surface area contributed by atoms with Crippen LogP contribution in [0, 0.1) is 0 Å². The monoisotopic (exact) mass is 626 g/mol. The van der Waals surface area contributed by atoms with E-state index in [0.29, 0.717) is 0 Å². The van der Waals surface area contributed by atoms with Gasteiger partial charge in [-0.15, -0.1) is 0 Å². The van der Waals surface area contributed by atoms with E-state index in [1.165, 1.54) is 65.2 Å². The molecule has 0 bridgehead atoms. The van der Waals surface area contributed by atoms with Crippen LogP contribution >= 0.6 is 0 Å². The van der Waals surface area contributed by atoms with Gasteiger partial charge in [0.05, 0.1) is 40.1 Å². The van der Waals surface area contributed by atoms with Crippen LogP contribution < -0.4 is 4.57 Å². The third kappa shape index (κ3) is 3.67. The number of hydrogen-bond donors (Lipinski definition) is 0. The Labute approximate surface area is 281 Å². The predicted molar refractivity (Wildman–Crippen MR) is 201 cm³/mol. The lowest BCUT2D eigenvalue weighted by atomic mass is 9.98. The summed E-state index contributed by atoms with van der Waals surface area (Å²) in [4.78, 5) is 9.49. The normalized spacial score (nSPS) is 12.9. The van der Waals surface area contributed by atoms with Crippen LogP contribution in [0.1, 0.15) is 5.56 Å². The van der Waals surface area contributed by atoms with Crippen LogP contribution in [-0.4, -0.2) is 19.8 Å². The second-order valence-corrected chi connectivity index (χ2v) is 12.9. The van der Waals surface area contributed by atoms with Crippen molar-refractivity contribution in [2.45, 2.75) is 6.54 Å². The fourth-order valence-electron chi connectivity index (χ4n) is 8.21. The first-order valence-corrected chi connectivity index (χ1v) is 16.7. The summed E-state index contributed by atoms with van der Waals surface area (Å²) >= 11 is 0. The number of aromatic nitrogens is 4. The topological polar surface area (TPSA) is 39.0 Å². The summed E-state index contributed by atoms with van der Waals surface area (Å²) in [6.45, 7) is 0.777. The van der Waals surface area contributed by atoms with Gasteiger partial charge < -0.3 is 9.13 Å². The molecule has 0 N–H and O–H groups in total. The number of nitrogens with zero attached hydrogens (tertiary/aromatic N) is 5. The molecule has 10 aromatic rings. The van der Waals surface area contributed by atoms with Gasteiger partial charge in [-0.05, 0) is 58.9 Å². The fourth-order valence-corrected chi connectivity index (χ4v) is 8.21. The fraction of sp³-hybridized carbons (Fsp3) is 0.0227. The van der Waals surface area contributed by atoms with E-state index in [9.17, 15) is 0 Å². The number of aliphatic imine (C=N–C) groups is 1. The predicted octanol–water partition coefficient (Wildman–Crippen LogP) is 10.0. The molecule has 1 aliphatic rings. The van der Waals surface area contributed by atoms with Crippen molar-refractivity contribution in [2.24, 2.45) is 4.99 Å². The van der Waals surface area contributed by atoms with Gasteiger partial charge in [-0.3, -0.25) is 4.98 Å². The molecule has 11 rings (SSSR count). The van der Waals surface area contributed by atoms with Gasteiger partial charge in [0.15, 0.2) is 6.54 Å². The summed E-state index contributed by atoms with van der Waals surface area (Å²) in [6.07, 6.45) is 5.91. The van der Waals surface area contributed by atoms with Gasteiger partial charge in [0.25, 0.3) is 0 Å². The second-order valence-electron chi connectivity index (χ2n) is 12.9. The van der Waals surface area contributed by atoms with E-state index in [4.69, 9.17) is 4.99 Å². The molecule has 0 fully saturated rings. The van der Waals surface area contributed by atoms with Crippen LogP contribution in [-0.2, 0) is 6.54 Å². The van der Waals surface area contributed by atoms with Crippen molar-refractivity contribution in [3.05, 3.63) is 164 Å². The van der Waals surface area contributed by atoms with E-state index >= 15 is 0 Å². The molecule has 49 heavy (non-hydrogen) atoms. The molecule has 6 aromatic carbocycles. The Kier molecular flexibility index (Phi) is 5.38. The molecule has 0 aliphatic carbocycles. The smallest absolute Gasteiger partial charge is 0.308 e. The highest BCUT2D eigenvalue weighted by Crippen LogP contribution is 2.48. The first-order chi connectivity index (χ1) is 24.3. The Balaban J connectivity index is 1.30. The van der Waals surface area contributed by atoms with Crippen LogP contribution in [0.5, 0.6) is 0 Å². The van der Waals surface area contributed by atoms with Crippen LogP contribution in [0.15, 0.2) is 163 Å². The maximum absolute atomic E-state index is 4.95. The van der Waals surface area contributed by atoms with Crippen LogP contribution in [0.3, 0.4) is 0 Å². The van der Waals surface area contributed by atoms with Gasteiger partial charge in [0.1, 0.15) is 0 Å². The Hall–Kier alpha value is -6.59. The highest BCUT2D eigenvalue weighted by Gasteiger charge is 2.27. The highest BCUT2D eigenvalue weighted by molar-refractivity contribution is 6.38. The molecular formula is C44H28N5+. The lowest BCUT2D eigenvalue weighted by molar-refractivity contribution is -0.664. The quantitative estimate of drug-likeness (QED) is 0.180. The zero-order valence-corrected chi connectivity index (χ0v) is 26.5. The molecule has 0 saturated heterocycles. The third-order valence-electron chi connectivity index (χ3n) is 10.3. The first-order valence-electron chi connectivity index (χ1n) is 16.7. The average Bonchev–Trinajstić information content (AvgIpc) is 3.86. The molecule has 0 unspecified atom stereocenters. The van der Waals surface area contributed by atoms with Gasteiger partial charge in [0, 0.05) is 61.2 Å². The highest BCUT2D eigenvalue weighted by atomic mass is 15.1. The Morgan fingerprint density at radius 2 is 1.22 bits per heavy atom. The summed E-state index contributed by atoms with van der Waals surface area (Å²) in [7, 11) is 0. The summed E-state index contributed by atoms with van der Waals surface area (Å²) in [6, 6.07) is 50.4. The molecule has 0 amide bonds. The van der Waals surface area contributed by atoms with Gasteiger partial charge in [-0.1, -0.05) is 84.9 Å². The molecule has 0 saturated carbocycles.